The third-order valence-electron chi connectivity index (χ3n) is 3.48. The number of hydrogen-bond donors (Lipinski definition) is 2. The Hall–Kier alpha value is -2.60. The van der Waals surface area contributed by atoms with E-state index in [2.05, 4.69) is 0 Å². The third kappa shape index (κ3) is 2.61. The Kier molecular flexibility index (Phi) is 3.92. The SMILES string of the molecule is COc1ccc(/C=C2\Sc3c(O)ccc(O)c3C2=O)cc1OC. The average Bonchev–Trinajstić information content (AvgIpc) is 2.89. The molecule has 0 aromatic heterocycles. The highest BCUT2D eigenvalue weighted by atomic mass is 32.2. The summed E-state index contributed by atoms with van der Waals surface area (Å²) in [5.41, 5.74) is 0.895. The number of carbonyl (C=O) groups is 1. The van der Waals surface area contributed by atoms with Crippen molar-refractivity contribution < 1.29 is 24.5 Å². The van der Waals surface area contributed by atoms with E-state index in [0.717, 1.165) is 17.3 Å². The molecule has 0 spiro atoms. The number of ketones is 1. The minimum atomic E-state index is -0.312. The lowest BCUT2D eigenvalue weighted by molar-refractivity contribution is 0.104. The van der Waals surface area contributed by atoms with Crippen LogP contribution in [-0.4, -0.2) is 30.2 Å². The summed E-state index contributed by atoms with van der Waals surface area (Å²) in [5.74, 6) is 0.685. The van der Waals surface area contributed by atoms with E-state index in [0.29, 0.717) is 21.3 Å². The predicted molar refractivity (Wildman–Crippen MR) is 87.5 cm³/mol. The Labute approximate surface area is 137 Å². The number of allylic oxidation sites excluding steroid dienone is 1. The van der Waals surface area contributed by atoms with Crippen LogP contribution in [0.2, 0.25) is 0 Å². The van der Waals surface area contributed by atoms with E-state index in [1.165, 1.54) is 19.2 Å². The Bertz CT molecular complexity index is 826. The summed E-state index contributed by atoms with van der Waals surface area (Å²) in [7, 11) is 3.09. The van der Waals surface area contributed by atoms with Crippen LogP contribution in [0.4, 0.5) is 0 Å². The Morgan fingerprint density at radius 3 is 2.35 bits per heavy atom. The molecule has 0 fully saturated rings. The molecule has 1 aliphatic rings. The molecule has 3 rings (SSSR count). The Morgan fingerprint density at radius 2 is 1.70 bits per heavy atom. The zero-order valence-corrected chi connectivity index (χ0v) is 13.3. The molecule has 0 bridgehead atoms. The van der Waals surface area contributed by atoms with Gasteiger partial charge in [-0.05, 0) is 35.9 Å². The topological polar surface area (TPSA) is 76.0 Å². The lowest BCUT2D eigenvalue weighted by Gasteiger charge is -2.07. The number of aromatic hydroxyl groups is 2. The summed E-state index contributed by atoms with van der Waals surface area (Å²) < 4.78 is 10.4. The first-order valence-corrected chi connectivity index (χ1v) is 7.58. The molecule has 1 aliphatic heterocycles. The van der Waals surface area contributed by atoms with Crippen molar-refractivity contribution in [2.75, 3.05) is 14.2 Å². The third-order valence-corrected chi connectivity index (χ3v) is 4.62. The van der Waals surface area contributed by atoms with Crippen molar-refractivity contribution in [2.24, 2.45) is 0 Å². The molecule has 0 unspecified atom stereocenters. The highest BCUT2D eigenvalue weighted by Crippen LogP contribution is 2.48. The van der Waals surface area contributed by atoms with Gasteiger partial charge in [0.05, 0.1) is 29.6 Å². The molecule has 0 saturated carbocycles. The largest absolute Gasteiger partial charge is 0.507 e. The second kappa shape index (κ2) is 5.89. The Balaban J connectivity index is 2.01. The molecule has 23 heavy (non-hydrogen) atoms. The van der Waals surface area contributed by atoms with Crippen LogP contribution in [-0.2, 0) is 0 Å². The molecular weight excluding hydrogens is 316 g/mol. The van der Waals surface area contributed by atoms with Gasteiger partial charge in [0.2, 0.25) is 5.78 Å². The number of phenolic OH excluding ortho intramolecular Hbond substituents is 2. The molecule has 0 amide bonds. The first-order valence-electron chi connectivity index (χ1n) is 6.76. The van der Waals surface area contributed by atoms with Gasteiger partial charge in [0, 0.05) is 0 Å². The number of methoxy groups -OCH3 is 2. The van der Waals surface area contributed by atoms with Crippen LogP contribution in [0.5, 0.6) is 23.0 Å². The maximum absolute atomic E-state index is 12.4. The van der Waals surface area contributed by atoms with Crippen LogP contribution in [0.25, 0.3) is 6.08 Å². The van der Waals surface area contributed by atoms with Crippen LogP contribution in [0.3, 0.4) is 0 Å². The fourth-order valence-corrected chi connectivity index (χ4v) is 3.43. The molecule has 2 aromatic rings. The Morgan fingerprint density at radius 1 is 1.00 bits per heavy atom. The minimum absolute atomic E-state index is 0.0214. The van der Waals surface area contributed by atoms with Gasteiger partial charge in [0.25, 0.3) is 0 Å². The van der Waals surface area contributed by atoms with Crippen LogP contribution >= 0.6 is 11.8 Å². The van der Waals surface area contributed by atoms with Gasteiger partial charge < -0.3 is 19.7 Å². The van der Waals surface area contributed by atoms with Gasteiger partial charge in [-0.25, -0.2) is 0 Å². The van der Waals surface area contributed by atoms with E-state index in [-0.39, 0.29) is 22.8 Å². The maximum atomic E-state index is 12.4. The molecule has 1 heterocycles. The van der Waals surface area contributed by atoms with Crippen molar-refractivity contribution in [2.45, 2.75) is 4.90 Å². The fraction of sp³-hybridized carbons (Fsp3) is 0.118. The van der Waals surface area contributed by atoms with Gasteiger partial charge in [-0.1, -0.05) is 17.8 Å². The van der Waals surface area contributed by atoms with Gasteiger partial charge in [0.15, 0.2) is 11.5 Å². The summed E-state index contributed by atoms with van der Waals surface area (Å²) >= 11 is 1.13. The van der Waals surface area contributed by atoms with Gasteiger partial charge in [-0.15, -0.1) is 0 Å². The van der Waals surface area contributed by atoms with Gasteiger partial charge in [-0.2, -0.15) is 0 Å². The summed E-state index contributed by atoms with van der Waals surface area (Å²) in [4.78, 5) is 13.2. The number of fused-ring (bicyclic) bond motifs is 1. The quantitative estimate of drug-likeness (QED) is 0.663. The number of rotatable bonds is 3. The van der Waals surface area contributed by atoms with Crippen LogP contribution in [0, 0.1) is 0 Å². The molecule has 5 nitrogen and oxygen atoms in total. The summed E-state index contributed by atoms with van der Waals surface area (Å²) in [6.45, 7) is 0. The monoisotopic (exact) mass is 330 g/mol. The average molecular weight is 330 g/mol. The lowest BCUT2D eigenvalue weighted by Crippen LogP contribution is -1.95. The van der Waals surface area contributed by atoms with E-state index < -0.39 is 0 Å². The van der Waals surface area contributed by atoms with E-state index in [4.69, 9.17) is 9.47 Å². The molecule has 0 radical (unpaired) electrons. The standard InChI is InChI=1S/C17H14O5S/c1-21-12-6-3-9(7-13(12)22-2)8-14-16(20)15-10(18)4-5-11(19)17(15)23-14/h3-8,18-19H,1-2H3/b14-8-. The van der Waals surface area contributed by atoms with E-state index in [1.54, 1.807) is 31.4 Å². The number of phenols is 2. The first kappa shape index (κ1) is 15.3. The second-order valence-corrected chi connectivity index (χ2v) is 5.91. The summed E-state index contributed by atoms with van der Waals surface area (Å²) in [6, 6.07) is 7.98. The highest BCUT2D eigenvalue weighted by molar-refractivity contribution is 8.05. The van der Waals surface area contributed by atoms with E-state index >= 15 is 0 Å². The number of carbonyl (C=O) groups excluding carboxylic acids is 1. The molecule has 0 aliphatic carbocycles. The van der Waals surface area contributed by atoms with E-state index in [9.17, 15) is 15.0 Å². The number of hydrogen-bond acceptors (Lipinski definition) is 6. The molecule has 0 atom stereocenters. The van der Waals surface area contributed by atoms with Gasteiger partial charge >= 0.3 is 0 Å². The fourth-order valence-electron chi connectivity index (χ4n) is 2.35. The van der Waals surface area contributed by atoms with Crippen LogP contribution in [0.1, 0.15) is 15.9 Å². The van der Waals surface area contributed by atoms with Crippen LogP contribution in [0.15, 0.2) is 40.1 Å². The predicted octanol–water partition coefficient (Wildman–Crippen LogP) is 3.44. The zero-order chi connectivity index (χ0) is 16.6. The van der Waals surface area contributed by atoms with Crippen molar-refractivity contribution in [1.82, 2.24) is 0 Å². The number of Topliss-reactive ketones (excluding diaryl/α,β-unsaturated/α-hetero) is 1. The van der Waals surface area contributed by atoms with Gasteiger partial charge in [0.1, 0.15) is 11.5 Å². The van der Waals surface area contributed by atoms with Crippen molar-refractivity contribution >= 4 is 23.6 Å². The van der Waals surface area contributed by atoms with Crippen molar-refractivity contribution in [3.05, 3.63) is 46.4 Å². The molecule has 0 saturated heterocycles. The van der Waals surface area contributed by atoms with Crippen molar-refractivity contribution in [1.29, 1.82) is 0 Å². The minimum Gasteiger partial charge on any atom is -0.507 e. The number of thioether (sulfide) groups is 1. The lowest BCUT2D eigenvalue weighted by atomic mass is 10.1. The molecular formula is C17H14O5S. The molecule has 118 valence electrons. The first-order chi connectivity index (χ1) is 11.0. The van der Waals surface area contributed by atoms with Crippen molar-refractivity contribution in [3.63, 3.8) is 0 Å². The van der Waals surface area contributed by atoms with Crippen molar-refractivity contribution in [3.8, 4) is 23.0 Å². The van der Waals surface area contributed by atoms with Crippen LogP contribution < -0.4 is 9.47 Å². The van der Waals surface area contributed by atoms with Gasteiger partial charge in [-0.3, -0.25) is 4.79 Å². The smallest absolute Gasteiger partial charge is 0.204 e. The number of ether oxygens (including phenoxy) is 2. The summed E-state index contributed by atoms with van der Waals surface area (Å²) in [5, 5.41) is 19.7. The maximum Gasteiger partial charge on any atom is 0.204 e. The van der Waals surface area contributed by atoms with E-state index in [1.807, 2.05) is 0 Å². The second-order valence-electron chi connectivity index (χ2n) is 4.86. The molecule has 2 aromatic carbocycles. The highest BCUT2D eigenvalue weighted by Gasteiger charge is 2.31. The molecule has 2 N–H and O–H groups in total. The zero-order valence-electron chi connectivity index (χ0n) is 12.5. The molecule has 6 heteroatoms. The normalized spacial score (nSPS) is 14.9. The number of benzene rings is 2. The summed E-state index contributed by atoms with van der Waals surface area (Å²) in [6.07, 6.45) is 1.69.